The van der Waals surface area contributed by atoms with Crippen LogP contribution in [0.25, 0.3) is 0 Å². The molecule has 0 bridgehead atoms. The molecule has 0 spiro atoms. The van der Waals surface area contributed by atoms with Crippen LogP contribution in [0.4, 0.5) is 0 Å². The Bertz CT molecular complexity index is 427. The van der Waals surface area contributed by atoms with E-state index in [9.17, 15) is 9.36 Å². The monoisotopic (exact) mass is 246 g/mol. The van der Waals surface area contributed by atoms with Crippen LogP contribution in [0, 0.1) is 0 Å². The molecule has 1 unspecified atom stereocenters. The van der Waals surface area contributed by atoms with Gasteiger partial charge in [0.15, 0.2) is 0 Å². The van der Waals surface area contributed by atoms with Crippen LogP contribution in [-0.2, 0) is 15.8 Å². The molecule has 0 aliphatic rings. The summed E-state index contributed by atoms with van der Waals surface area (Å²) in [5.41, 5.74) is 5.65. The van der Waals surface area contributed by atoms with Gasteiger partial charge in [0.1, 0.15) is 6.04 Å². The highest BCUT2D eigenvalue weighted by atomic mass is 31.2. The lowest BCUT2D eigenvalue weighted by atomic mass is 10.1. The van der Waals surface area contributed by atoms with Crippen LogP contribution in [0.5, 0.6) is 0 Å². The fourth-order valence-corrected chi connectivity index (χ4v) is 1.50. The molecule has 88 valence electrons. The normalized spacial score (nSPS) is 13.4. The minimum Gasteiger partial charge on any atom is -0.480 e. The summed E-state index contributed by atoms with van der Waals surface area (Å²) in [6.07, 6.45) is 1.03. The number of nitrogens with two attached hydrogens (primary N) is 1. The number of rotatable bonds is 4. The molecule has 7 nitrogen and oxygen atoms in total. The van der Waals surface area contributed by atoms with Crippen LogP contribution in [-0.4, -0.2) is 31.9 Å². The molecule has 0 amide bonds. The fraction of sp³-hybridized carbons (Fsp3) is 0.250. The van der Waals surface area contributed by atoms with Crippen LogP contribution < -0.4 is 11.0 Å². The molecular formula is C8H11N2O5P. The molecule has 1 atom stereocenters. The second kappa shape index (κ2) is 4.71. The number of pyridine rings is 1. The van der Waals surface area contributed by atoms with Gasteiger partial charge in [0.05, 0.1) is 5.30 Å². The molecule has 1 heterocycles. The number of carbonyl (C=O) groups is 1. The predicted molar refractivity (Wildman–Crippen MR) is 55.2 cm³/mol. The molecule has 16 heavy (non-hydrogen) atoms. The van der Waals surface area contributed by atoms with Crippen molar-refractivity contribution in [2.75, 3.05) is 0 Å². The van der Waals surface area contributed by atoms with E-state index in [2.05, 4.69) is 4.98 Å². The lowest BCUT2D eigenvalue weighted by Gasteiger charge is -2.07. The number of carboxylic acid groups (broad SMARTS) is 1. The van der Waals surface area contributed by atoms with Crippen molar-refractivity contribution in [3.05, 3.63) is 24.0 Å². The van der Waals surface area contributed by atoms with E-state index in [1.54, 1.807) is 0 Å². The Balaban J connectivity index is 2.80. The average molecular weight is 246 g/mol. The summed E-state index contributed by atoms with van der Waals surface area (Å²) in [5, 5.41) is 8.34. The third-order valence-corrected chi connectivity index (χ3v) is 2.83. The minimum atomic E-state index is -4.30. The number of aromatic nitrogens is 1. The Labute approximate surface area is 91.1 Å². The van der Waals surface area contributed by atoms with Gasteiger partial charge in [-0.2, -0.15) is 0 Å². The van der Waals surface area contributed by atoms with Crippen LogP contribution >= 0.6 is 7.60 Å². The maximum absolute atomic E-state index is 10.8. The molecule has 0 fully saturated rings. The number of aliphatic carboxylic acids is 1. The van der Waals surface area contributed by atoms with E-state index in [0.29, 0.717) is 5.69 Å². The Kier molecular flexibility index (Phi) is 3.77. The van der Waals surface area contributed by atoms with Gasteiger partial charge in [0, 0.05) is 18.3 Å². The second-order valence-corrected chi connectivity index (χ2v) is 4.81. The lowest BCUT2D eigenvalue weighted by molar-refractivity contribution is -0.138. The van der Waals surface area contributed by atoms with Gasteiger partial charge in [-0.3, -0.25) is 14.3 Å². The fourth-order valence-electron chi connectivity index (χ4n) is 1.02. The first-order chi connectivity index (χ1) is 7.30. The summed E-state index contributed by atoms with van der Waals surface area (Å²) >= 11 is 0. The Hall–Kier alpha value is -1.27. The quantitative estimate of drug-likeness (QED) is 0.492. The first-order valence-corrected chi connectivity index (χ1v) is 5.91. The van der Waals surface area contributed by atoms with Crippen LogP contribution in [0.1, 0.15) is 5.69 Å². The van der Waals surface area contributed by atoms with Crippen molar-refractivity contribution in [1.29, 1.82) is 0 Å². The van der Waals surface area contributed by atoms with E-state index in [4.69, 9.17) is 20.6 Å². The Morgan fingerprint density at radius 1 is 1.50 bits per heavy atom. The van der Waals surface area contributed by atoms with Gasteiger partial charge in [0.25, 0.3) is 0 Å². The zero-order valence-corrected chi connectivity index (χ0v) is 9.04. The Morgan fingerprint density at radius 2 is 2.12 bits per heavy atom. The topological polar surface area (TPSA) is 134 Å². The molecule has 8 heteroatoms. The van der Waals surface area contributed by atoms with Crippen LogP contribution in [0.3, 0.4) is 0 Å². The molecule has 1 aromatic rings. The van der Waals surface area contributed by atoms with Gasteiger partial charge in [-0.05, 0) is 12.1 Å². The molecule has 0 radical (unpaired) electrons. The number of hydrogen-bond donors (Lipinski definition) is 4. The van der Waals surface area contributed by atoms with Crippen molar-refractivity contribution >= 4 is 18.9 Å². The summed E-state index contributed by atoms with van der Waals surface area (Å²) in [7, 11) is -4.30. The maximum atomic E-state index is 10.8. The molecule has 0 aliphatic carbocycles. The molecule has 1 rings (SSSR count). The van der Waals surface area contributed by atoms with Crippen molar-refractivity contribution in [2.24, 2.45) is 5.73 Å². The Morgan fingerprint density at radius 3 is 2.50 bits per heavy atom. The largest absolute Gasteiger partial charge is 0.480 e. The molecular weight excluding hydrogens is 235 g/mol. The average Bonchev–Trinajstić information content (AvgIpc) is 2.17. The van der Waals surface area contributed by atoms with E-state index in [-0.39, 0.29) is 11.7 Å². The summed E-state index contributed by atoms with van der Waals surface area (Å²) in [6.45, 7) is 0. The SMILES string of the molecule is NC(Cc1ccc(P(=O)(O)O)cn1)C(=O)O. The van der Waals surface area contributed by atoms with E-state index in [0.717, 1.165) is 6.20 Å². The van der Waals surface area contributed by atoms with Crippen LogP contribution in [0.2, 0.25) is 0 Å². The minimum absolute atomic E-state index is 0.0107. The highest BCUT2D eigenvalue weighted by molar-refractivity contribution is 7.60. The lowest BCUT2D eigenvalue weighted by Crippen LogP contribution is -2.32. The zero-order chi connectivity index (χ0) is 12.3. The van der Waals surface area contributed by atoms with Gasteiger partial charge in [-0.15, -0.1) is 0 Å². The third kappa shape index (κ3) is 3.39. The number of carboxylic acids is 1. The molecule has 1 aromatic heterocycles. The molecule has 0 aliphatic heterocycles. The van der Waals surface area contributed by atoms with Crippen molar-refractivity contribution in [2.45, 2.75) is 12.5 Å². The van der Waals surface area contributed by atoms with Crippen molar-refractivity contribution in [1.82, 2.24) is 4.98 Å². The van der Waals surface area contributed by atoms with E-state index >= 15 is 0 Å². The number of nitrogens with zero attached hydrogens (tertiary/aromatic N) is 1. The van der Waals surface area contributed by atoms with E-state index in [1.165, 1.54) is 12.1 Å². The first-order valence-electron chi connectivity index (χ1n) is 4.30. The van der Waals surface area contributed by atoms with Gasteiger partial charge in [0.2, 0.25) is 0 Å². The highest BCUT2D eigenvalue weighted by Crippen LogP contribution is 2.32. The molecule has 5 N–H and O–H groups in total. The van der Waals surface area contributed by atoms with Crippen molar-refractivity contribution in [3.63, 3.8) is 0 Å². The molecule has 0 aromatic carbocycles. The maximum Gasteiger partial charge on any atom is 0.357 e. The van der Waals surface area contributed by atoms with Gasteiger partial charge in [-0.25, -0.2) is 0 Å². The summed E-state index contributed by atoms with van der Waals surface area (Å²) in [5.74, 6) is -1.15. The second-order valence-electron chi connectivity index (χ2n) is 3.20. The predicted octanol–water partition coefficient (Wildman–Crippen LogP) is -1.16. The van der Waals surface area contributed by atoms with Gasteiger partial charge >= 0.3 is 13.6 Å². The van der Waals surface area contributed by atoms with Crippen molar-refractivity contribution < 1.29 is 24.3 Å². The summed E-state index contributed by atoms with van der Waals surface area (Å²) < 4.78 is 10.8. The van der Waals surface area contributed by atoms with E-state index in [1.807, 2.05) is 0 Å². The van der Waals surface area contributed by atoms with Gasteiger partial charge < -0.3 is 20.6 Å². The standard InChI is InChI=1S/C8H11N2O5P/c9-7(8(11)12)3-5-1-2-6(4-10-5)16(13,14)15/h1-2,4,7H,3,9H2,(H,11,12)(H2,13,14,15). The summed E-state index contributed by atoms with van der Waals surface area (Å²) in [6, 6.07) is 1.47. The molecule has 0 saturated heterocycles. The third-order valence-electron chi connectivity index (χ3n) is 1.89. The van der Waals surface area contributed by atoms with Gasteiger partial charge in [-0.1, -0.05) is 0 Å². The van der Waals surface area contributed by atoms with E-state index < -0.39 is 19.6 Å². The van der Waals surface area contributed by atoms with Crippen molar-refractivity contribution in [3.8, 4) is 0 Å². The smallest absolute Gasteiger partial charge is 0.357 e. The highest BCUT2D eigenvalue weighted by Gasteiger charge is 2.18. The zero-order valence-electron chi connectivity index (χ0n) is 8.15. The summed E-state index contributed by atoms with van der Waals surface area (Å²) in [4.78, 5) is 31.8. The first kappa shape index (κ1) is 12.8. The van der Waals surface area contributed by atoms with Crippen LogP contribution in [0.15, 0.2) is 18.3 Å². The molecule has 0 saturated carbocycles. The number of hydrogen-bond acceptors (Lipinski definition) is 4.